The Kier molecular flexibility index (Phi) is 9.43. The van der Waals surface area contributed by atoms with E-state index in [0.717, 1.165) is 22.4 Å². The maximum absolute atomic E-state index is 13.2. The number of rotatable bonds is 13. The zero-order chi connectivity index (χ0) is 25.3. The lowest BCUT2D eigenvalue weighted by atomic mass is 9.75. The van der Waals surface area contributed by atoms with Gasteiger partial charge in [-0.15, -0.1) is 0 Å². The molecular formula is C29H33N3O2S. The van der Waals surface area contributed by atoms with Crippen molar-refractivity contribution in [2.24, 2.45) is 11.5 Å². The van der Waals surface area contributed by atoms with Crippen LogP contribution in [0, 0.1) is 0 Å². The van der Waals surface area contributed by atoms with Crippen LogP contribution in [0.1, 0.15) is 29.5 Å². The molecule has 0 aliphatic rings. The van der Waals surface area contributed by atoms with Gasteiger partial charge in [-0.05, 0) is 35.1 Å². The summed E-state index contributed by atoms with van der Waals surface area (Å²) in [5, 5.41) is 3.83. The van der Waals surface area contributed by atoms with Crippen LogP contribution >= 0.6 is 11.8 Å². The van der Waals surface area contributed by atoms with Crippen LogP contribution in [0.3, 0.4) is 0 Å². The van der Waals surface area contributed by atoms with Crippen LogP contribution in [-0.2, 0) is 15.1 Å². The van der Waals surface area contributed by atoms with Crippen LogP contribution < -0.4 is 16.8 Å². The molecule has 0 heterocycles. The molecule has 5 nitrogen and oxygen atoms in total. The van der Waals surface area contributed by atoms with Crippen LogP contribution in [0.25, 0.3) is 0 Å². The van der Waals surface area contributed by atoms with Crippen LogP contribution in [0.4, 0.5) is 0 Å². The second-order valence-electron chi connectivity index (χ2n) is 8.49. The van der Waals surface area contributed by atoms with Crippen LogP contribution in [-0.4, -0.2) is 35.8 Å². The zero-order valence-corrected chi connectivity index (χ0v) is 20.8. The minimum Gasteiger partial charge on any atom is -0.370 e. The third-order valence-corrected chi connectivity index (χ3v) is 6.76. The number of amides is 1. The minimum absolute atomic E-state index is 0.214. The lowest BCUT2D eigenvalue weighted by molar-refractivity contribution is -0.123. The molecule has 3 aromatic rings. The highest BCUT2D eigenvalue weighted by atomic mass is 32.2. The third-order valence-electron chi connectivity index (χ3n) is 6.12. The lowest BCUT2D eigenvalue weighted by Gasteiger charge is -2.41. The fraction of sp³-hybridized carbons (Fsp3) is 0.241. The molecule has 2 atom stereocenters. The number of thioether (sulfide) groups is 1. The summed E-state index contributed by atoms with van der Waals surface area (Å²) in [6, 6.07) is 29.1. The molecule has 0 aromatic heterocycles. The number of benzene rings is 3. The first-order chi connectivity index (χ1) is 16.9. The molecule has 3 aromatic carbocycles. The molecule has 0 aliphatic heterocycles. The van der Waals surface area contributed by atoms with Crippen molar-refractivity contribution in [3.05, 3.63) is 120 Å². The molecular weight excluding hydrogens is 454 g/mol. The van der Waals surface area contributed by atoms with E-state index >= 15 is 0 Å². The molecule has 5 N–H and O–H groups in total. The second kappa shape index (κ2) is 12.5. The molecule has 35 heavy (non-hydrogen) atoms. The third kappa shape index (κ3) is 6.28. The minimum atomic E-state index is -1.02. The Balaban J connectivity index is 2.17. The molecule has 0 saturated carbocycles. The maximum Gasteiger partial charge on any atom is 0.219 e. The molecule has 182 valence electrons. The van der Waals surface area contributed by atoms with Gasteiger partial charge in [-0.1, -0.05) is 97.6 Å². The number of Topliss-reactive ketones (excluding diaryl/α,β-unsaturated/α-hetero) is 1. The molecule has 0 radical (unpaired) electrons. The van der Waals surface area contributed by atoms with Crippen molar-refractivity contribution < 1.29 is 9.59 Å². The topological polar surface area (TPSA) is 98.2 Å². The predicted octanol–water partition coefficient (Wildman–Crippen LogP) is 4.02. The maximum atomic E-state index is 13.2. The highest BCUT2D eigenvalue weighted by Gasteiger charge is 2.39. The van der Waals surface area contributed by atoms with Crippen LogP contribution in [0.5, 0.6) is 0 Å². The van der Waals surface area contributed by atoms with Crippen molar-refractivity contribution in [1.29, 1.82) is 0 Å². The van der Waals surface area contributed by atoms with Crippen molar-refractivity contribution in [3.8, 4) is 0 Å². The lowest BCUT2D eigenvalue weighted by Crippen LogP contribution is -2.52. The highest BCUT2D eigenvalue weighted by Crippen LogP contribution is 2.38. The SMILES string of the molecule is C=C(C(=O)[C@@H](N)CC(N)=O)[C@H](CCSC)NC(c1ccccc1)(c1ccccc1)c1ccccc1. The van der Waals surface area contributed by atoms with E-state index in [1.54, 1.807) is 11.8 Å². The highest BCUT2D eigenvalue weighted by molar-refractivity contribution is 7.98. The van der Waals surface area contributed by atoms with Gasteiger partial charge in [0, 0.05) is 18.0 Å². The van der Waals surface area contributed by atoms with Crippen molar-refractivity contribution in [2.75, 3.05) is 12.0 Å². The number of carbonyl (C=O) groups is 2. The van der Waals surface area contributed by atoms with Gasteiger partial charge in [-0.3, -0.25) is 14.9 Å². The summed E-state index contributed by atoms with van der Waals surface area (Å²) in [4.78, 5) is 24.6. The number of nitrogens with two attached hydrogens (primary N) is 2. The number of hydrogen-bond acceptors (Lipinski definition) is 5. The Hall–Kier alpha value is -3.19. The fourth-order valence-corrected chi connectivity index (χ4v) is 4.84. The average molecular weight is 488 g/mol. The molecule has 0 bridgehead atoms. The Morgan fingerprint density at radius 2 is 1.31 bits per heavy atom. The molecule has 1 amide bonds. The molecule has 0 unspecified atom stereocenters. The molecule has 0 aliphatic carbocycles. The number of nitrogens with one attached hydrogen (secondary N) is 1. The van der Waals surface area contributed by atoms with Gasteiger partial charge in [0.05, 0.1) is 11.6 Å². The zero-order valence-electron chi connectivity index (χ0n) is 20.0. The van der Waals surface area contributed by atoms with Gasteiger partial charge in [-0.2, -0.15) is 11.8 Å². The van der Waals surface area contributed by atoms with Gasteiger partial charge < -0.3 is 11.5 Å². The molecule has 3 rings (SSSR count). The quantitative estimate of drug-likeness (QED) is 0.250. The second-order valence-corrected chi connectivity index (χ2v) is 9.48. The van der Waals surface area contributed by atoms with E-state index in [9.17, 15) is 9.59 Å². The Morgan fingerprint density at radius 1 is 0.886 bits per heavy atom. The summed E-state index contributed by atoms with van der Waals surface area (Å²) in [5.41, 5.74) is 14.0. The molecule has 0 saturated heterocycles. The predicted molar refractivity (Wildman–Crippen MR) is 145 cm³/mol. The van der Waals surface area contributed by atoms with Gasteiger partial charge >= 0.3 is 0 Å². The summed E-state index contributed by atoms with van der Waals surface area (Å²) in [7, 11) is 0. The summed E-state index contributed by atoms with van der Waals surface area (Å²) < 4.78 is 0. The Morgan fingerprint density at radius 3 is 1.69 bits per heavy atom. The number of primary amides is 1. The summed E-state index contributed by atoms with van der Waals surface area (Å²) in [6.45, 7) is 4.15. The van der Waals surface area contributed by atoms with Gasteiger partial charge in [0.2, 0.25) is 5.91 Å². The number of ketones is 1. The van der Waals surface area contributed by atoms with Crippen molar-refractivity contribution in [1.82, 2.24) is 5.32 Å². The average Bonchev–Trinajstić information content (AvgIpc) is 2.89. The van der Waals surface area contributed by atoms with Crippen molar-refractivity contribution in [2.45, 2.75) is 30.5 Å². The van der Waals surface area contributed by atoms with Crippen molar-refractivity contribution >= 4 is 23.5 Å². The van der Waals surface area contributed by atoms with E-state index in [1.807, 2.05) is 60.9 Å². The van der Waals surface area contributed by atoms with E-state index in [-0.39, 0.29) is 12.2 Å². The Bertz CT molecular complexity index is 1020. The van der Waals surface area contributed by atoms with E-state index in [2.05, 4.69) is 48.3 Å². The van der Waals surface area contributed by atoms with E-state index in [0.29, 0.717) is 12.0 Å². The number of carbonyl (C=O) groups excluding carboxylic acids is 2. The molecule has 6 heteroatoms. The normalized spacial score (nSPS) is 13.1. The van der Waals surface area contributed by atoms with E-state index in [4.69, 9.17) is 11.5 Å². The largest absolute Gasteiger partial charge is 0.370 e. The number of hydrogen-bond donors (Lipinski definition) is 3. The summed E-state index contributed by atoms with van der Waals surface area (Å²) >= 11 is 1.69. The Labute approximate surface area is 212 Å². The van der Waals surface area contributed by atoms with Crippen LogP contribution in [0.2, 0.25) is 0 Å². The van der Waals surface area contributed by atoms with Crippen molar-refractivity contribution in [3.63, 3.8) is 0 Å². The fourth-order valence-electron chi connectivity index (χ4n) is 4.36. The smallest absolute Gasteiger partial charge is 0.219 e. The first-order valence-electron chi connectivity index (χ1n) is 11.6. The molecule has 0 spiro atoms. The van der Waals surface area contributed by atoms with Gasteiger partial charge in [0.25, 0.3) is 0 Å². The summed E-state index contributed by atoms with van der Waals surface area (Å²) in [6.07, 6.45) is 2.47. The first kappa shape index (κ1) is 26.4. The molecule has 0 fully saturated rings. The van der Waals surface area contributed by atoms with Gasteiger partial charge in [-0.25, -0.2) is 0 Å². The monoisotopic (exact) mass is 487 g/mol. The van der Waals surface area contributed by atoms with E-state index < -0.39 is 23.5 Å². The van der Waals surface area contributed by atoms with Gasteiger partial charge in [0.15, 0.2) is 5.78 Å². The van der Waals surface area contributed by atoms with E-state index in [1.165, 1.54) is 0 Å². The first-order valence-corrected chi connectivity index (χ1v) is 13.0. The summed E-state index contributed by atoms with van der Waals surface area (Å²) in [5.74, 6) is -0.159. The van der Waals surface area contributed by atoms with Crippen LogP contribution in [0.15, 0.2) is 103 Å². The standard InChI is InChI=1S/C29H33N3O2S/c1-21(28(34)25(30)20-27(31)33)26(18-19-35-2)32-29(22-12-6-3-7-13-22,23-14-8-4-9-15-23)24-16-10-5-11-17-24/h3-17,25-26,32H,1,18-20,30H2,2H3,(H2,31,33)/t25-,26-/m0/s1. The van der Waals surface area contributed by atoms with Gasteiger partial charge in [0.1, 0.15) is 0 Å².